The number of fused-ring (bicyclic) bond motifs is 1. The molecule has 3 N–H and O–H groups in total. The van der Waals surface area contributed by atoms with Crippen LogP contribution in [0.15, 0.2) is 24.3 Å². The molecule has 20 heavy (non-hydrogen) atoms. The Bertz CT molecular complexity index is 670. The number of aromatic nitrogens is 2. The summed E-state index contributed by atoms with van der Waals surface area (Å²) in [7, 11) is 0. The lowest BCUT2D eigenvalue weighted by Crippen LogP contribution is -2.38. The molecular weight excluding hydrogens is 254 g/mol. The minimum atomic E-state index is -0.324. The van der Waals surface area contributed by atoms with Crippen LogP contribution >= 0.6 is 0 Å². The molecule has 2 atom stereocenters. The van der Waals surface area contributed by atoms with E-state index in [0.29, 0.717) is 5.82 Å². The van der Waals surface area contributed by atoms with E-state index < -0.39 is 0 Å². The molecule has 0 aliphatic rings. The maximum Gasteiger partial charge on any atom is 0.238 e. The minimum Gasteiger partial charge on any atom is -0.323 e. The van der Waals surface area contributed by atoms with E-state index in [1.165, 1.54) is 0 Å². The Morgan fingerprint density at radius 3 is 2.85 bits per heavy atom. The fourth-order valence-electron chi connectivity index (χ4n) is 2.32. The molecule has 6 nitrogen and oxygen atoms in total. The van der Waals surface area contributed by atoms with Crippen LogP contribution in [0.1, 0.15) is 25.7 Å². The highest BCUT2D eigenvalue weighted by Crippen LogP contribution is 2.26. The average Bonchev–Trinajstić information content (AvgIpc) is 2.83. The topological polar surface area (TPSA) is 96.7 Å². The van der Waals surface area contributed by atoms with Gasteiger partial charge < -0.3 is 4.57 Å². The largest absolute Gasteiger partial charge is 0.323 e. The van der Waals surface area contributed by atoms with Gasteiger partial charge in [0.2, 0.25) is 5.91 Å². The van der Waals surface area contributed by atoms with Crippen molar-refractivity contribution in [3.05, 3.63) is 30.1 Å². The molecule has 104 valence electrons. The number of hydrogen-bond donors (Lipinski definition) is 2. The maximum atomic E-state index is 11.7. The van der Waals surface area contributed by atoms with Crippen LogP contribution in [0.4, 0.5) is 0 Å². The van der Waals surface area contributed by atoms with E-state index >= 15 is 0 Å². The van der Waals surface area contributed by atoms with Gasteiger partial charge in [0.1, 0.15) is 5.82 Å². The molecule has 6 heteroatoms. The summed E-state index contributed by atoms with van der Waals surface area (Å²) >= 11 is 0. The second-order valence-electron chi connectivity index (χ2n) is 4.76. The number of benzene rings is 1. The van der Waals surface area contributed by atoms with Crippen molar-refractivity contribution in [2.45, 2.75) is 26.3 Å². The van der Waals surface area contributed by atoms with Crippen LogP contribution < -0.4 is 11.3 Å². The van der Waals surface area contributed by atoms with Crippen LogP contribution in [0.3, 0.4) is 0 Å². The third-order valence-electron chi connectivity index (χ3n) is 3.59. The van der Waals surface area contributed by atoms with Crippen molar-refractivity contribution in [2.75, 3.05) is 0 Å². The molecule has 1 aromatic carbocycles. The molecule has 2 unspecified atom stereocenters. The summed E-state index contributed by atoms with van der Waals surface area (Å²) < 4.78 is 1.94. The molecule has 0 saturated heterocycles. The Hall–Kier alpha value is -2.39. The van der Waals surface area contributed by atoms with Crippen molar-refractivity contribution in [3.63, 3.8) is 0 Å². The van der Waals surface area contributed by atoms with Crippen LogP contribution in [0.2, 0.25) is 0 Å². The molecule has 0 spiro atoms. The maximum absolute atomic E-state index is 11.7. The number of nitrogens with one attached hydrogen (secondary N) is 1. The molecule has 0 saturated carbocycles. The molecule has 1 amide bonds. The molecule has 0 aliphatic carbocycles. The lowest BCUT2D eigenvalue weighted by molar-refractivity contribution is -0.125. The highest BCUT2D eigenvalue weighted by Gasteiger charge is 2.24. The predicted octanol–water partition coefficient (Wildman–Crippen LogP) is 1.29. The second-order valence-corrected chi connectivity index (χ2v) is 4.76. The van der Waals surface area contributed by atoms with Crippen molar-refractivity contribution in [2.24, 2.45) is 11.8 Å². The van der Waals surface area contributed by atoms with Crippen LogP contribution in [0.25, 0.3) is 11.0 Å². The summed E-state index contributed by atoms with van der Waals surface area (Å²) in [6, 6.07) is 9.62. The third kappa shape index (κ3) is 2.36. The van der Waals surface area contributed by atoms with E-state index in [9.17, 15) is 4.79 Å². The number of hydrogen-bond acceptors (Lipinski definition) is 4. The minimum absolute atomic E-state index is 0.144. The zero-order valence-corrected chi connectivity index (χ0v) is 11.5. The number of imidazole rings is 1. The summed E-state index contributed by atoms with van der Waals surface area (Å²) in [5, 5.41) is 8.94. The number of carbonyl (C=O) groups excluding carboxylic acids is 1. The first kappa shape index (κ1) is 14.0. The van der Waals surface area contributed by atoms with Crippen molar-refractivity contribution in [3.8, 4) is 6.07 Å². The molecule has 0 aliphatic heterocycles. The third-order valence-corrected chi connectivity index (χ3v) is 3.59. The number of para-hydroxylation sites is 2. The van der Waals surface area contributed by atoms with Gasteiger partial charge in [-0.1, -0.05) is 19.1 Å². The van der Waals surface area contributed by atoms with Gasteiger partial charge in [0.25, 0.3) is 0 Å². The molecule has 2 rings (SSSR count). The first-order chi connectivity index (χ1) is 9.60. The van der Waals surface area contributed by atoms with E-state index in [2.05, 4.69) is 16.5 Å². The highest BCUT2D eigenvalue weighted by molar-refractivity contribution is 5.79. The fourth-order valence-corrected chi connectivity index (χ4v) is 2.32. The Balaban J connectivity index is 2.53. The SMILES string of the molecule is CC(C(=O)NN)C(C)n1c(CC#N)nc2ccccc21. The molecular formula is C14H17N5O. The van der Waals surface area contributed by atoms with E-state index in [0.717, 1.165) is 11.0 Å². The highest BCUT2D eigenvalue weighted by atomic mass is 16.2. The Morgan fingerprint density at radius 2 is 2.20 bits per heavy atom. The number of carbonyl (C=O) groups is 1. The predicted molar refractivity (Wildman–Crippen MR) is 75.3 cm³/mol. The number of nitriles is 1. The molecule has 2 aromatic rings. The number of amides is 1. The van der Waals surface area contributed by atoms with Gasteiger partial charge in [0, 0.05) is 6.04 Å². The standard InChI is InChI=1S/C14H17N5O/c1-9(14(20)18-16)10(2)19-12-6-4-3-5-11(12)17-13(19)7-8-15/h3-6,9-10H,7,16H2,1-2H3,(H,18,20). The summed E-state index contributed by atoms with van der Waals surface area (Å²) in [6.45, 7) is 3.73. The van der Waals surface area contributed by atoms with Gasteiger partial charge in [-0.2, -0.15) is 5.26 Å². The van der Waals surface area contributed by atoms with Gasteiger partial charge in [-0.15, -0.1) is 0 Å². The van der Waals surface area contributed by atoms with Crippen molar-refractivity contribution in [1.82, 2.24) is 15.0 Å². The summed E-state index contributed by atoms with van der Waals surface area (Å²) in [6.07, 6.45) is 0.204. The lowest BCUT2D eigenvalue weighted by Gasteiger charge is -2.22. The number of nitrogens with zero attached hydrogens (tertiary/aromatic N) is 3. The Kier molecular flexibility index (Phi) is 4.01. The van der Waals surface area contributed by atoms with E-state index in [1.807, 2.05) is 35.8 Å². The summed E-state index contributed by atoms with van der Waals surface area (Å²) in [4.78, 5) is 16.2. The number of hydrazine groups is 1. The van der Waals surface area contributed by atoms with Gasteiger partial charge in [-0.25, -0.2) is 10.8 Å². The number of nitrogens with two attached hydrogens (primary N) is 1. The molecule has 0 bridgehead atoms. The van der Waals surface area contributed by atoms with Gasteiger partial charge in [0.05, 0.1) is 29.4 Å². The zero-order valence-electron chi connectivity index (χ0n) is 11.5. The van der Waals surface area contributed by atoms with Crippen molar-refractivity contribution in [1.29, 1.82) is 5.26 Å². The van der Waals surface area contributed by atoms with Crippen molar-refractivity contribution >= 4 is 16.9 Å². The molecule has 0 radical (unpaired) electrons. The Labute approximate surface area is 117 Å². The Morgan fingerprint density at radius 1 is 1.50 bits per heavy atom. The van der Waals surface area contributed by atoms with Gasteiger partial charge >= 0.3 is 0 Å². The zero-order chi connectivity index (χ0) is 14.7. The smallest absolute Gasteiger partial charge is 0.238 e. The lowest BCUT2D eigenvalue weighted by atomic mass is 10.0. The van der Waals surface area contributed by atoms with Crippen LogP contribution in [0, 0.1) is 17.2 Å². The molecule has 1 heterocycles. The fraction of sp³-hybridized carbons (Fsp3) is 0.357. The number of rotatable bonds is 4. The quantitative estimate of drug-likeness (QED) is 0.497. The van der Waals surface area contributed by atoms with E-state index in [-0.39, 0.29) is 24.3 Å². The first-order valence-corrected chi connectivity index (χ1v) is 6.43. The van der Waals surface area contributed by atoms with E-state index in [4.69, 9.17) is 11.1 Å². The van der Waals surface area contributed by atoms with Crippen LogP contribution in [-0.2, 0) is 11.2 Å². The molecule has 0 fully saturated rings. The summed E-state index contributed by atoms with van der Waals surface area (Å²) in [5.74, 6) is 5.30. The monoisotopic (exact) mass is 271 g/mol. The van der Waals surface area contributed by atoms with Crippen molar-refractivity contribution < 1.29 is 4.79 Å². The summed E-state index contributed by atoms with van der Waals surface area (Å²) in [5.41, 5.74) is 3.91. The van der Waals surface area contributed by atoms with Crippen LogP contribution in [-0.4, -0.2) is 15.5 Å². The van der Waals surface area contributed by atoms with Gasteiger partial charge in [-0.05, 0) is 19.1 Å². The molecule has 1 aromatic heterocycles. The normalized spacial score (nSPS) is 13.7. The second kappa shape index (κ2) is 5.72. The van der Waals surface area contributed by atoms with Gasteiger partial charge in [0.15, 0.2) is 0 Å². The van der Waals surface area contributed by atoms with Gasteiger partial charge in [-0.3, -0.25) is 10.2 Å². The first-order valence-electron chi connectivity index (χ1n) is 6.43. The average molecular weight is 271 g/mol. The van der Waals surface area contributed by atoms with Crippen LogP contribution in [0.5, 0.6) is 0 Å². The van der Waals surface area contributed by atoms with E-state index in [1.54, 1.807) is 6.92 Å².